The molecule has 21 heavy (non-hydrogen) atoms. The largest absolute Gasteiger partial charge is 0.398 e. The van der Waals surface area contributed by atoms with Gasteiger partial charge in [-0.05, 0) is 37.0 Å². The molecule has 3 aromatic rings. The summed E-state index contributed by atoms with van der Waals surface area (Å²) in [6, 6.07) is 12.0. The van der Waals surface area contributed by atoms with Crippen molar-refractivity contribution in [2.45, 2.75) is 19.3 Å². The van der Waals surface area contributed by atoms with Crippen LogP contribution in [0.1, 0.15) is 17.7 Å². The fourth-order valence-electron chi connectivity index (χ4n) is 2.88. The summed E-state index contributed by atoms with van der Waals surface area (Å²) in [6.45, 7) is 0. The van der Waals surface area contributed by atoms with Gasteiger partial charge in [0.2, 0.25) is 0 Å². The van der Waals surface area contributed by atoms with Crippen molar-refractivity contribution in [3.63, 3.8) is 0 Å². The van der Waals surface area contributed by atoms with Crippen molar-refractivity contribution in [3.05, 3.63) is 60.0 Å². The number of para-hydroxylation sites is 1. The van der Waals surface area contributed by atoms with E-state index in [1.807, 2.05) is 47.4 Å². The summed E-state index contributed by atoms with van der Waals surface area (Å²) in [5, 5.41) is 4.43. The Morgan fingerprint density at radius 1 is 1.05 bits per heavy atom. The van der Waals surface area contributed by atoms with Crippen LogP contribution in [0, 0.1) is 0 Å². The van der Waals surface area contributed by atoms with E-state index < -0.39 is 0 Å². The van der Waals surface area contributed by atoms with E-state index in [4.69, 9.17) is 10.7 Å². The third kappa shape index (κ3) is 2.09. The Kier molecular flexibility index (Phi) is 2.74. The van der Waals surface area contributed by atoms with Crippen LogP contribution < -0.4 is 5.73 Å². The molecule has 2 N–H and O–H groups in total. The maximum absolute atomic E-state index is 6.02. The SMILES string of the molecule is Nc1ccccc1-c1cnn(-c2ccc3c(n2)CCC3)c1. The van der Waals surface area contributed by atoms with Crippen LogP contribution in [0.5, 0.6) is 0 Å². The van der Waals surface area contributed by atoms with E-state index in [-0.39, 0.29) is 0 Å². The molecule has 2 aromatic heterocycles. The Labute approximate surface area is 123 Å². The van der Waals surface area contributed by atoms with E-state index in [2.05, 4.69) is 11.2 Å². The molecule has 0 amide bonds. The van der Waals surface area contributed by atoms with Gasteiger partial charge in [0, 0.05) is 28.7 Å². The molecule has 0 saturated heterocycles. The predicted molar refractivity (Wildman–Crippen MR) is 83.2 cm³/mol. The van der Waals surface area contributed by atoms with Crippen LogP contribution in [-0.4, -0.2) is 14.8 Å². The van der Waals surface area contributed by atoms with Crippen LogP contribution in [0.25, 0.3) is 16.9 Å². The number of hydrogen-bond donors (Lipinski definition) is 1. The third-order valence-electron chi connectivity index (χ3n) is 4.00. The molecule has 0 saturated carbocycles. The van der Waals surface area contributed by atoms with Gasteiger partial charge in [0.15, 0.2) is 5.82 Å². The first-order valence-electron chi connectivity index (χ1n) is 7.20. The molecule has 4 heteroatoms. The maximum Gasteiger partial charge on any atom is 0.153 e. The summed E-state index contributed by atoms with van der Waals surface area (Å²) in [5.41, 5.74) is 11.4. The van der Waals surface area contributed by atoms with Crippen molar-refractivity contribution in [1.29, 1.82) is 0 Å². The van der Waals surface area contributed by atoms with E-state index in [1.54, 1.807) is 0 Å². The molecule has 1 aliphatic carbocycles. The monoisotopic (exact) mass is 276 g/mol. The summed E-state index contributed by atoms with van der Waals surface area (Å²) in [4.78, 5) is 4.72. The Balaban J connectivity index is 1.73. The molecule has 104 valence electrons. The van der Waals surface area contributed by atoms with Gasteiger partial charge in [-0.1, -0.05) is 24.3 Å². The number of nitrogen functional groups attached to an aromatic ring is 1. The lowest BCUT2D eigenvalue weighted by Gasteiger charge is -2.04. The first-order chi connectivity index (χ1) is 10.3. The van der Waals surface area contributed by atoms with Gasteiger partial charge in [-0.2, -0.15) is 5.10 Å². The minimum atomic E-state index is 0.763. The highest BCUT2D eigenvalue weighted by atomic mass is 15.3. The molecule has 0 unspecified atom stereocenters. The fraction of sp³-hybridized carbons (Fsp3) is 0.176. The number of aryl methyl sites for hydroxylation is 2. The number of benzene rings is 1. The van der Waals surface area contributed by atoms with E-state index >= 15 is 0 Å². The van der Waals surface area contributed by atoms with Crippen molar-refractivity contribution in [2.75, 3.05) is 5.73 Å². The van der Waals surface area contributed by atoms with Crippen molar-refractivity contribution < 1.29 is 0 Å². The van der Waals surface area contributed by atoms with Crippen LogP contribution in [0.15, 0.2) is 48.8 Å². The van der Waals surface area contributed by atoms with Crippen molar-refractivity contribution in [3.8, 4) is 16.9 Å². The molecule has 4 rings (SSSR count). The van der Waals surface area contributed by atoms with Crippen molar-refractivity contribution >= 4 is 5.69 Å². The summed E-state index contributed by atoms with van der Waals surface area (Å²) in [5.74, 6) is 0.872. The summed E-state index contributed by atoms with van der Waals surface area (Å²) >= 11 is 0. The van der Waals surface area contributed by atoms with Gasteiger partial charge in [0.25, 0.3) is 0 Å². The van der Waals surface area contributed by atoms with Gasteiger partial charge in [-0.3, -0.25) is 0 Å². The number of nitrogens with zero attached hydrogens (tertiary/aromatic N) is 3. The molecule has 0 bridgehead atoms. The molecule has 2 heterocycles. The highest BCUT2D eigenvalue weighted by molar-refractivity contribution is 5.75. The molecule has 0 atom stereocenters. The van der Waals surface area contributed by atoms with Gasteiger partial charge in [-0.15, -0.1) is 0 Å². The number of hydrogen-bond acceptors (Lipinski definition) is 3. The molecular weight excluding hydrogens is 260 g/mol. The number of fused-ring (bicyclic) bond motifs is 1. The number of nitrogens with two attached hydrogens (primary N) is 1. The summed E-state index contributed by atoms with van der Waals surface area (Å²) in [6.07, 6.45) is 7.24. The van der Waals surface area contributed by atoms with Crippen molar-refractivity contribution in [2.24, 2.45) is 0 Å². The molecule has 1 aliphatic rings. The lowest BCUT2D eigenvalue weighted by Crippen LogP contribution is -2.00. The summed E-state index contributed by atoms with van der Waals surface area (Å²) in [7, 11) is 0. The van der Waals surface area contributed by atoms with Crippen LogP contribution in [-0.2, 0) is 12.8 Å². The Morgan fingerprint density at radius 2 is 1.95 bits per heavy atom. The Bertz CT molecular complexity index is 804. The maximum atomic E-state index is 6.02. The quantitative estimate of drug-likeness (QED) is 0.732. The Hall–Kier alpha value is -2.62. The second-order valence-electron chi connectivity index (χ2n) is 5.39. The third-order valence-corrected chi connectivity index (χ3v) is 4.00. The second kappa shape index (κ2) is 4.74. The van der Waals surface area contributed by atoms with Gasteiger partial charge < -0.3 is 5.73 Å². The highest BCUT2D eigenvalue weighted by Crippen LogP contribution is 2.26. The van der Waals surface area contributed by atoms with Gasteiger partial charge in [-0.25, -0.2) is 9.67 Å². The minimum Gasteiger partial charge on any atom is -0.398 e. The predicted octanol–water partition coefficient (Wildman–Crippen LogP) is 3.01. The van der Waals surface area contributed by atoms with Crippen LogP contribution in [0.3, 0.4) is 0 Å². The zero-order chi connectivity index (χ0) is 14.2. The van der Waals surface area contributed by atoms with Crippen LogP contribution in [0.2, 0.25) is 0 Å². The van der Waals surface area contributed by atoms with Crippen molar-refractivity contribution in [1.82, 2.24) is 14.8 Å². The molecule has 0 aliphatic heterocycles. The average Bonchev–Trinajstić information content (AvgIpc) is 3.16. The number of rotatable bonds is 2. The molecule has 0 fully saturated rings. The standard InChI is InChI=1S/C17H16N4/c18-15-6-2-1-5-14(15)13-10-19-21(11-13)17-9-8-12-4-3-7-16(12)20-17/h1-2,5-6,8-11H,3-4,7,18H2. The van der Waals surface area contributed by atoms with E-state index in [0.29, 0.717) is 0 Å². The Morgan fingerprint density at radius 3 is 2.86 bits per heavy atom. The topological polar surface area (TPSA) is 56.7 Å². The lowest BCUT2D eigenvalue weighted by atomic mass is 10.1. The molecule has 0 radical (unpaired) electrons. The first-order valence-corrected chi connectivity index (χ1v) is 7.20. The smallest absolute Gasteiger partial charge is 0.153 e. The first kappa shape index (κ1) is 12.1. The molecule has 4 nitrogen and oxygen atoms in total. The van der Waals surface area contributed by atoms with E-state index in [1.165, 1.54) is 17.7 Å². The van der Waals surface area contributed by atoms with E-state index in [0.717, 1.165) is 35.5 Å². The van der Waals surface area contributed by atoms with E-state index in [9.17, 15) is 0 Å². The van der Waals surface area contributed by atoms with Crippen LogP contribution in [0.4, 0.5) is 5.69 Å². The second-order valence-corrected chi connectivity index (χ2v) is 5.39. The zero-order valence-electron chi connectivity index (χ0n) is 11.7. The normalized spacial score (nSPS) is 13.3. The minimum absolute atomic E-state index is 0.763. The molecular formula is C17H16N4. The zero-order valence-corrected chi connectivity index (χ0v) is 11.7. The lowest BCUT2D eigenvalue weighted by molar-refractivity contribution is 0.831. The highest BCUT2D eigenvalue weighted by Gasteiger charge is 2.14. The van der Waals surface area contributed by atoms with Gasteiger partial charge in [0.1, 0.15) is 0 Å². The fourth-order valence-corrected chi connectivity index (χ4v) is 2.88. The number of aromatic nitrogens is 3. The number of anilines is 1. The average molecular weight is 276 g/mol. The number of pyridine rings is 1. The summed E-state index contributed by atoms with van der Waals surface area (Å²) < 4.78 is 1.82. The van der Waals surface area contributed by atoms with Gasteiger partial charge in [0.05, 0.1) is 6.20 Å². The molecule has 0 spiro atoms. The van der Waals surface area contributed by atoms with Crippen LogP contribution >= 0.6 is 0 Å². The van der Waals surface area contributed by atoms with Gasteiger partial charge >= 0.3 is 0 Å². The molecule has 1 aromatic carbocycles.